The first-order chi connectivity index (χ1) is 10.3. The van der Waals surface area contributed by atoms with Gasteiger partial charge in [-0.1, -0.05) is 0 Å². The standard InChI is InChI=1S/C14H9F5O2S/c1-5-3-4-22-13(5)6(2)14(20)21-12-10(18)8(16)7(15)9(17)11(12)19/h3-4,6H,1-2H3. The highest BCUT2D eigenvalue weighted by Crippen LogP contribution is 2.32. The van der Waals surface area contributed by atoms with E-state index in [-0.39, 0.29) is 0 Å². The molecule has 0 saturated heterocycles. The summed E-state index contributed by atoms with van der Waals surface area (Å²) in [7, 11) is 0. The van der Waals surface area contributed by atoms with E-state index in [0.717, 1.165) is 5.56 Å². The first kappa shape index (κ1) is 16.4. The van der Waals surface area contributed by atoms with Gasteiger partial charge in [0.1, 0.15) is 0 Å². The van der Waals surface area contributed by atoms with Crippen molar-refractivity contribution in [2.45, 2.75) is 19.8 Å². The van der Waals surface area contributed by atoms with E-state index in [1.54, 1.807) is 18.4 Å². The molecule has 0 radical (unpaired) electrons. The zero-order valence-electron chi connectivity index (χ0n) is 11.3. The van der Waals surface area contributed by atoms with Crippen LogP contribution in [0.5, 0.6) is 5.75 Å². The number of carbonyl (C=O) groups excluding carboxylic acids is 1. The van der Waals surface area contributed by atoms with Gasteiger partial charge >= 0.3 is 5.97 Å². The van der Waals surface area contributed by atoms with Gasteiger partial charge in [0.25, 0.3) is 0 Å². The number of ether oxygens (including phenoxy) is 1. The van der Waals surface area contributed by atoms with Gasteiger partial charge in [0.2, 0.25) is 34.8 Å². The Morgan fingerprint density at radius 1 is 1.05 bits per heavy atom. The lowest BCUT2D eigenvalue weighted by Gasteiger charge is -2.13. The summed E-state index contributed by atoms with van der Waals surface area (Å²) in [6.07, 6.45) is 0. The van der Waals surface area contributed by atoms with Crippen LogP contribution in [0.2, 0.25) is 0 Å². The third-order valence-electron chi connectivity index (χ3n) is 3.02. The van der Waals surface area contributed by atoms with Crippen molar-refractivity contribution in [1.82, 2.24) is 0 Å². The first-order valence-electron chi connectivity index (χ1n) is 6.02. The lowest BCUT2D eigenvalue weighted by atomic mass is 10.1. The number of rotatable bonds is 3. The third kappa shape index (κ3) is 2.70. The summed E-state index contributed by atoms with van der Waals surface area (Å²) in [5, 5.41) is 1.70. The van der Waals surface area contributed by atoms with Gasteiger partial charge in [-0.05, 0) is 30.9 Å². The molecular formula is C14H9F5O2S. The van der Waals surface area contributed by atoms with Crippen LogP contribution >= 0.6 is 11.3 Å². The van der Waals surface area contributed by atoms with E-state index in [1.165, 1.54) is 18.3 Å². The molecule has 1 aromatic carbocycles. The Balaban J connectivity index is 2.36. The fourth-order valence-electron chi connectivity index (χ4n) is 1.80. The molecule has 118 valence electrons. The summed E-state index contributed by atoms with van der Waals surface area (Å²) < 4.78 is 70.3. The van der Waals surface area contributed by atoms with Gasteiger partial charge in [0.15, 0.2) is 0 Å². The Hall–Kier alpha value is -1.96. The van der Waals surface area contributed by atoms with Gasteiger partial charge in [-0.25, -0.2) is 13.2 Å². The molecule has 2 rings (SSSR count). The van der Waals surface area contributed by atoms with Gasteiger partial charge in [-0.3, -0.25) is 4.79 Å². The first-order valence-corrected chi connectivity index (χ1v) is 6.90. The molecule has 1 unspecified atom stereocenters. The van der Waals surface area contributed by atoms with Crippen LogP contribution in [0.25, 0.3) is 0 Å². The predicted octanol–water partition coefficient (Wildman–Crippen LogP) is 4.46. The lowest BCUT2D eigenvalue weighted by molar-refractivity contribution is -0.136. The fourth-order valence-corrected chi connectivity index (χ4v) is 2.77. The van der Waals surface area contributed by atoms with Gasteiger partial charge in [0.05, 0.1) is 5.92 Å². The Morgan fingerprint density at radius 3 is 2.00 bits per heavy atom. The number of halogens is 5. The van der Waals surface area contributed by atoms with Crippen LogP contribution in [0.15, 0.2) is 11.4 Å². The van der Waals surface area contributed by atoms with E-state index in [1.807, 2.05) is 0 Å². The summed E-state index contributed by atoms with van der Waals surface area (Å²) in [5.74, 6) is -14.6. The molecule has 1 atom stereocenters. The Labute approximate surface area is 126 Å². The van der Waals surface area contributed by atoms with E-state index in [2.05, 4.69) is 4.74 Å². The molecule has 0 N–H and O–H groups in total. The Bertz CT molecular complexity index is 712. The highest BCUT2D eigenvalue weighted by molar-refractivity contribution is 7.10. The van der Waals surface area contributed by atoms with Gasteiger partial charge < -0.3 is 4.74 Å². The summed E-state index contributed by atoms with van der Waals surface area (Å²) >= 11 is 1.22. The number of hydrogen-bond acceptors (Lipinski definition) is 3. The van der Waals surface area contributed by atoms with E-state index >= 15 is 0 Å². The zero-order chi connectivity index (χ0) is 16.6. The Morgan fingerprint density at radius 2 is 1.55 bits per heavy atom. The topological polar surface area (TPSA) is 26.3 Å². The average molecular weight is 336 g/mol. The molecule has 0 amide bonds. The minimum Gasteiger partial charge on any atom is -0.419 e. The van der Waals surface area contributed by atoms with E-state index < -0.39 is 46.7 Å². The van der Waals surface area contributed by atoms with Crippen molar-refractivity contribution in [2.75, 3.05) is 0 Å². The normalized spacial score (nSPS) is 12.3. The fraction of sp³-hybridized carbons (Fsp3) is 0.214. The zero-order valence-corrected chi connectivity index (χ0v) is 12.2. The van der Waals surface area contributed by atoms with Gasteiger partial charge in [0, 0.05) is 4.88 Å². The maximum absolute atomic E-state index is 13.5. The van der Waals surface area contributed by atoms with Crippen molar-refractivity contribution in [3.05, 3.63) is 51.0 Å². The molecule has 0 aliphatic rings. The maximum Gasteiger partial charge on any atom is 0.319 e. The minimum atomic E-state index is -2.31. The highest BCUT2D eigenvalue weighted by Gasteiger charge is 2.30. The molecule has 2 aromatic rings. The number of benzene rings is 1. The molecule has 0 aliphatic carbocycles. The van der Waals surface area contributed by atoms with Crippen molar-refractivity contribution in [1.29, 1.82) is 0 Å². The van der Waals surface area contributed by atoms with Crippen LogP contribution in [0, 0.1) is 36.0 Å². The van der Waals surface area contributed by atoms with Crippen LogP contribution in [0.1, 0.15) is 23.3 Å². The predicted molar refractivity (Wildman–Crippen MR) is 69.3 cm³/mol. The van der Waals surface area contributed by atoms with Crippen molar-refractivity contribution in [2.24, 2.45) is 0 Å². The van der Waals surface area contributed by atoms with Crippen LogP contribution in [0.4, 0.5) is 22.0 Å². The smallest absolute Gasteiger partial charge is 0.319 e. The second-order valence-electron chi connectivity index (χ2n) is 4.51. The molecule has 0 bridgehead atoms. The van der Waals surface area contributed by atoms with Crippen molar-refractivity contribution in [3.8, 4) is 5.75 Å². The molecular weight excluding hydrogens is 327 g/mol. The third-order valence-corrected chi connectivity index (χ3v) is 4.22. The molecule has 2 nitrogen and oxygen atoms in total. The quantitative estimate of drug-likeness (QED) is 0.272. The summed E-state index contributed by atoms with van der Waals surface area (Å²) in [6.45, 7) is 3.13. The summed E-state index contributed by atoms with van der Waals surface area (Å²) in [4.78, 5) is 12.5. The number of hydrogen-bond donors (Lipinski definition) is 0. The second-order valence-corrected chi connectivity index (χ2v) is 5.46. The molecule has 0 fully saturated rings. The molecule has 0 saturated carbocycles. The van der Waals surface area contributed by atoms with Crippen molar-refractivity contribution < 1.29 is 31.5 Å². The number of aryl methyl sites for hydroxylation is 1. The molecule has 0 spiro atoms. The monoisotopic (exact) mass is 336 g/mol. The largest absolute Gasteiger partial charge is 0.419 e. The van der Waals surface area contributed by atoms with Crippen molar-refractivity contribution in [3.63, 3.8) is 0 Å². The molecule has 8 heteroatoms. The molecule has 1 aromatic heterocycles. The Kier molecular flexibility index (Phi) is 4.50. The van der Waals surface area contributed by atoms with Gasteiger partial charge in [-0.15, -0.1) is 11.3 Å². The molecule has 1 heterocycles. The number of carbonyl (C=O) groups is 1. The van der Waals surface area contributed by atoms with Crippen molar-refractivity contribution >= 4 is 17.3 Å². The summed E-state index contributed by atoms with van der Waals surface area (Å²) in [5.41, 5.74) is 0.756. The van der Waals surface area contributed by atoms with E-state index in [0.29, 0.717) is 4.88 Å². The van der Waals surface area contributed by atoms with Gasteiger partial charge in [-0.2, -0.15) is 8.78 Å². The second kappa shape index (κ2) is 6.04. The van der Waals surface area contributed by atoms with Crippen LogP contribution in [-0.4, -0.2) is 5.97 Å². The lowest BCUT2D eigenvalue weighted by Crippen LogP contribution is -2.18. The molecule has 22 heavy (non-hydrogen) atoms. The highest BCUT2D eigenvalue weighted by atomic mass is 32.1. The van der Waals surface area contributed by atoms with E-state index in [4.69, 9.17) is 0 Å². The maximum atomic E-state index is 13.5. The number of esters is 1. The van der Waals surface area contributed by atoms with Crippen LogP contribution in [0.3, 0.4) is 0 Å². The number of thiophene rings is 1. The van der Waals surface area contributed by atoms with E-state index in [9.17, 15) is 26.7 Å². The molecule has 0 aliphatic heterocycles. The van der Waals surface area contributed by atoms with Crippen LogP contribution in [-0.2, 0) is 4.79 Å². The average Bonchev–Trinajstić information content (AvgIpc) is 2.92. The summed E-state index contributed by atoms with van der Waals surface area (Å²) in [6, 6.07) is 1.72. The van der Waals surface area contributed by atoms with Crippen LogP contribution < -0.4 is 4.74 Å². The SMILES string of the molecule is Cc1ccsc1C(C)C(=O)Oc1c(F)c(F)c(F)c(F)c1F. The minimum absolute atomic E-state index is 0.578.